The fourth-order valence-electron chi connectivity index (χ4n) is 1.45. The Morgan fingerprint density at radius 2 is 2.20 bits per heavy atom. The van der Waals surface area contributed by atoms with Gasteiger partial charge in [0.1, 0.15) is 5.60 Å². The molecule has 1 N–H and O–H groups in total. The molecule has 0 aromatic carbocycles. The molecule has 1 rings (SSSR count). The van der Waals surface area contributed by atoms with Gasteiger partial charge in [0.2, 0.25) is 0 Å². The normalized spacial score (nSPS) is 15.2. The van der Waals surface area contributed by atoms with Gasteiger partial charge in [0.15, 0.2) is 0 Å². The van der Waals surface area contributed by atoms with E-state index in [1.807, 2.05) is 19.9 Å². The molecule has 3 heteroatoms. The fourth-order valence-corrected chi connectivity index (χ4v) is 2.49. The molecule has 0 bridgehead atoms. The first-order valence-electron chi connectivity index (χ1n) is 4.71. The van der Waals surface area contributed by atoms with Gasteiger partial charge in [-0.15, -0.1) is 11.3 Å². The van der Waals surface area contributed by atoms with E-state index >= 15 is 0 Å². The van der Waals surface area contributed by atoms with Gasteiger partial charge in [-0.05, 0) is 32.9 Å². The standard InChI is InChI=1S/C12H16O2S/c1-5-14-7-6-12(4,13)11-8-9(2)15-10(11)3/h5-8,13H,1H2,2-4H3. The molecule has 0 amide bonds. The first-order valence-corrected chi connectivity index (χ1v) is 5.53. The van der Waals surface area contributed by atoms with E-state index in [9.17, 15) is 5.11 Å². The van der Waals surface area contributed by atoms with E-state index in [2.05, 4.69) is 6.58 Å². The monoisotopic (exact) mass is 224 g/mol. The van der Waals surface area contributed by atoms with Crippen LogP contribution in [0.5, 0.6) is 0 Å². The Morgan fingerprint density at radius 1 is 1.53 bits per heavy atom. The number of hydrogen-bond donors (Lipinski definition) is 1. The molecule has 1 atom stereocenters. The van der Waals surface area contributed by atoms with Crippen molar-refractivity contribution in [3.8, 4) is 0 Å². The van der Waals surface area contributed by atoms with E-state index in [1.54, 1.807) is 24.3 Å². The molecule has 1 aromatic heterocycles. The number of thiophene rings is 1. The molecule has 0 spiro atoms. The molecule has 1 heterocycles. The summed E-state index contributed by atoms with van der Waals surface area (Å²) in [5, 5.41) is 10.2. The average Bonchev–Trinajstić information content (AvgIpc) is 2.46. The topological polar surface area (TPSA) is 29.5 Å². The van der Waals surface area contributed by atoms with Gasteiger partial charge in [-0.1, -0.05) is 6.58 Å². The van der Waals surface area contributed by atoms with Crippen LogP contribution in [0.4, 0.5) is 0 Å². The Kier molecular flexibility index (Phi) is 3.72. The molecule has 0 saturated heterocycles. The first-order chi connectivity index (χ1) is 6.97. The number of ether oxygens (including phenoxy) is 1. The van der Waals surface area contributed by atoms with Crippen LogP contribution >= 0.6 is 11.3 Å². The second kappa shape index (κ2) is 4.64. The molecular weight excluding hydrogens is 208 g/mol. The van der Waals surface area contributed by atoms with E-state index in [1.165, 1.54) is 17.4 Å². The van der Waals surface area contributed by atoms with Crippen molar-refractivity contribution in [2.24, 2.45) is 0 Å². The van der Waals surface area contributed by atoms with Crippen molar-refractivity contribution in [2.75, 3.05) is 0 Å². The summed E-state index contributed by atoms with van der Waals surface area (Å²) in [6, 6.07) is 2.00. The Bertz CT molecular complexity index is 375. The number of aliphatic hydroxyl groups is 1. The van der Waals surface area contributed by atoms with Gasteiger partial charge in [-0.3, -0.25) is 0 Å². The van der Waals surface area contributed by atoms with Crippen molar-refractivity contribution < 1.29 is 9.84 Å². The number of aryl methyl sites for hydroxylation is 2. The zero-order valence-corrected chi connectivity index (χ0v) is 10.1. The van der Waals surface area contributed by atoms with Crippen LogP contribution in [0.2, 0.25) is 0 Å². The summed E-state index contributed by atoms with van der Waals surface area (Å²) in [5.74, 6) is 0. The molecule has 15 heavy (non-hydrogen) atoms. The Balaban J connectivity index is 2.94. The lowest BCUT2D eigenvalue weighted by atomic mass is 9.97. The molecule has 82 valence electrons. The van der Waals surface area contributed by atoms with Crippen molar-refractivity contribution in [3.63, 3.8) is 0 Å². The van der Waals surface area contributed by atoms with Crippen LogP contribution in [0.1, 0.15) is 22.2 Å². The SMILES string of the molecule is C=COC=CC(C)(O)c1cc(C)sc1C. The third-order valence-corrected chi connectivity index (χ3v) is 3.12. The highest BCUT2D eigenvalue weighted by molar-refractivity contribution is 7.12. The fraction of sp³-hybridized carbons (Fsp3) is 0.333. The lowest BCUT2D eigenvalue weighted by Crippen LogP contribution is -2.17. The number of hydrogen-bond acceptors (Lipinski definition) is 3. The molecular formula is C12H16O2S. The van der Waals surface area contributed by atoms with Crippen molar-refractivity contribution in [1.29, 1.82) is 0 Å². The second-order valence-corrected chi connectivity index (χ2v) is 5.04. The van der Waals surface area contributed by atoms with Gasteiger partial charge in [0.05, 0.1) is 12.5 Å². The van der Waals surface area contributed by atoms with E-state index in [-0.39, 0.29) is 0 Å². The van der Waals surface area contributed by atoms with Crippen molar-refractivity contribution in [1.82, 2.24) is 0 Å². The summed E-state index contributed by atoms with van der Waals surface area (Å²) in [6.07, 6.45) is 4.38. The quantitative estimate of drug-likeness (QED) is 0.795. The maximum absolute atomic E-state index is 10.2. The van der Waals surface area contributed by atoms with Gasteiger partial charge in [0, 0.05) is 15.3 Å². The molecule has 0 radical (unpaired) electrons. The zero-order valence-electron chi connectivity index (χ0n) is 9.28. The summed E-state index contributed by atoms with van der Waals surface area (Å²) in [5.41, 5.74) is -0.0633. The predicted octanol–water partition coefficient (Wildman–Crippen LogP) is 3.25. The summed E-state index contributed by atoms with van der Waals surface area (Å²) in [6.45, 7) is 9.19. The third-order valence-electron chi connectivity index (χ3n) is 2.15. The van der Waals surface area contributed by atoms with Crippen LogP contribution in [0.15, 0.2) is 31.2 Å². The van der Waals surface area contributed by atoms with E-state index in [0.29, 0.717) is 0 Å². The first kappa shape index (κ1) is 12.0. The average molecular weight is 224 g/mol. The third kappa shape index (κ3) is 2.94. The highest BCUT2D eigenvalue weighted by Gasteiger charge is 2.23. The minimum atomic E-state index is -0.988. The molecule has 1 unspecified atom stereocenters. The van der Waals surface area contributed by atoms with E-state index < -0.39 is 5.60 Å². The summed E-state index contributed by atoms with van der Waals surface area (Å²) >= 11 is 1.68. The smallest absolute Gasteiger partial charge is 0.109 e. The summed E-state index contributed by atoms with van der Waals surface area (Å²) in [4.78, 5) is 2.32. The summed E-state index contributed by atoms with van der Waals surface area (Å²) in [7, 11) is 0. The maximum atomic E-state index is 10.2. The van der Waals surface area contributed by atoms with Crippen molar-refractivity contribution in [3.05, 3.63) is 46.6 Å². The van der Waals surface area contributed by atoms with Crippen LogP contribution < -0.4 is 0 Å². The molecule has 0 aliphatic heterocycles. The van der Waals surface area contributed by atoms with Gasteiger partial charge in [-0.2, -0.15) is 0 Å². The van der Waals surface area contributed by atoms with Crippen LogP contribution in [0.3, 0.4) is 0 Å². The van der Waals surface area contributed by atoms with Crippen LogP contribution in [0.25, 0.3) is 0 Å². The lowest BCUT2D eigenvalue weighted by Gasteiger charge is -2.18. The van der Waals surface area contributed by atoms with Crippen molar-refractivity contribution in [2.45, 2.75) is 26.4 Å². The minimum Gasteiger partial charge on any atom is -0.473 e. The summed E-state index contributed by atoms with van der Waals surface area (Å²) < 4.78 is 4.86. The van der Waals surface area contributed by atoms with Crippen LogP contribution in [-0.4, -0.2) is 5.11 Å². The Labute approximate surface area is 94.5 Å². The predicted molar refractivity (Wildman–Crippen MR) is 63.8 cm³/mol. The highest BCUT2D eigenvalue weighted by atomic mass is 32.1. The largest absolute Gasteiger partial charge is 0.473 e. The number of rotatable bonds is 4. The molecule has 0 aliphatic rings. The molecule has 0 aliphatic carbocycles. The van der Waals surface area contributed by atoms with Gasteiger partial charge in [-0.25, -0.2) is 0 Å². The van der Waals surface area contributed by atoms with Crippen LogP contribution in [0, 0.1) is 13.8 Å². The van der Waals surface area contributed by atoms with Gasteiger partial charge in [0.25, 0.3) is 0 Å². The molecule has 0 fully saturated rings. The minimum absolute atomic E-state index is 0.925. The highest BCUT2D eigenvalue weighted by Crippen LogP contribution is 2.31. The van der Waals surface area contributed by atoms with E-state index in [4.69, 9.17) is 4.74 Å². The Hall–Kier alpha value is -1.06. The molecule has 2 nitrogen and oxygen atoms in total. The second-order valence-electron chi connectivity index (χ2n) is 3.58. The maximum Gasteiger partial charge on any atom is 0.109 e. The molecule has 0 saturated carbocycles. The van der Waals surface area contributed by atoms with Gasteiger partial charge < -0.3 is 9.84 Å². The van der Waals surface area contributed by atoms with E-state index in [0.717, 1.165) is 10.4 Å². The zero-order chi connectivity index (χ0) is 11.5. The van der Waals surface area contributed by atoms with Crippen LogP contribution in [-0.2, 0) is 10.3 Å². The van der Waals surface area contributed by atoms with Gasteiger partial charge >= 0.3 is 0 Å². The van der Waals surface area contributed by atoms with Crippen molar-refractivity contribution >= 4 is 11.3 Å². The Morgan fingerprint density at radius 3 is 2.67 bits per heavy atom. The lowest BCUT2D eigenvalue weighted by molar-refractivity contribution is 0.108. The molecule has 1 aromatic rings.